The predicted molar refractivity (Wildman–Crippen MR) is 131 cm³/mol. The Labute approximate surface area is 210 Å². The second-order valence-corrected chi connectivity index (χ2v) is 8.96. The van der Waals surface area contributed by atoms with Gasteiger partial charge in [-0.05, 0) is 67.5 Å². The second kappa shape index (κ2) is 13.3. The zero-order valence-corrected chi connectivity index (χ0v) is 20.5. The van der Waals surface area contributed by atoms with Crippen molar-refractivity contribution in [2.24, 2.45) is 0 Å². The quantitative estimate of drug-likeness (QED) is 0.369. The number of aliphatic hydroxyl groups excluding tert-OH is 1. The molecular formula is C26H32ClNO7. The molecule has 190 valence electrons. The van der Waals surface area contributed by atoms with Gasteiger partial charge in [0.1, 0.15) is 0 Å². The number of carbonyl (C=O) groups is 2. The Morgan fingerprint density at radius 1 is 1.11 bits per heavy atom. The van der Waals surface area contributed by atoms with Gasteiger partial charge in [0, 0.05) is 17.6 Å². The number of rotatable bonds is 12. The van der Waals surface area contributed by atoms with Crippen LogP contribution in [0.25, 0.3) is 0 Å². The highest BCUT2D eigenvalue weighted by atomic mass is 35.5. The van der Waals surface area contributed by atoms with Crippen molar-refractivity contribution in [3.05, 3.63) is 58.6 Å². The summed E-state index contributed by atoms with van der Waals surface area (Å²) < 4.78 is 15.9. The van der Waals surface area contributed by atoms with Crippen molar-refractivity contribution in [3.63, 3.8) is 0 Å². The number of benzene rings is 2. The summed E-state index contributed by atoms with van der Waals surface area (Å²) in [4.78, 5) is 22.7. The average Bonchev–Trinajstić information content (AvgIpc) is 2.85. The average molecular weight is 506 g/mol. The molecule has 0 aliphatic heterocycles. The molecule has 1 saturated carbocycles. The number of ether oxygens (including phenoxy) is 3. The molecule has 0 bridgehead atoms. The zero-order valence-electron chi connectivity index (χ0n) is 19.7. The van der Waals surface area contributed by atoms with Crippen molar-refractivity contribution in [1.82, 2.24) is 5.32 Å². The van der Waals surface area contributed by atoms with Crippen LogP contribution in [0.1, 0.15) is 55.8 Å². The number of esters is 1. The Kier molecular flexibility index (Phi) is 10.2. The van der Waals surface area contributed by atoms with Crippen LogP contribution in [0.4, 0.5) is 0 Å². The fraction of sp³-hybridized carbons (Fsp3) is 0.462. The minimum absolute atomic E-state index is 0.231. The minimum Gasteiger partial charge on any atom is -0.479 e. The minimum atomic E-state index is -1.11. The summed E-state index contributed by atoms with van der Waals surface area (Å²) >= 11 is 6.03. The molecule has 3 unspecified atom stereocenters. The maximum atomic E-state index is 11.8. The van der Waals surface area contributed by atoms with Crippen LogP contribution < -0.4 is 14.8 Å². The highest BCUT2D eigenvalue weighted by molar-refractivity contribution is 6.30. The van der Waals surface area contributed by atoms with Crippen LogP contribution in [0.5, 0.6) is 11.5 Å². The molecule has 1 aliphatic carbocycles. The van der Waals surface area contributed by atoms with E-state index in [0.29, 0.717) is 17.3 Å². The lowest BCUT2D eigenvalue weighted by molar-refractivity contribution is -0.145. The first-order valence-corrected chi connectivity index (χ1v) is 12.2. The first-order chi connectivity index (χ1) is 16.9. The highest BCUT2D eigenvalue weighted by Crippen LogP contribution is 2.38. The van der Waals surface area contributed by atoms with E-state index >= 15 is 0 Å². The van der Waals surface area contributed by atoms with Gasteiger partial charge in [0.25, 0.3) is 0 Å². The van der Waals surface area contributed by atoms with Crippen LogP contribution in [0.15, 0.2) is 42.5 Å². The van der Waals surface area contributed by atoms with Gasteiger partial charge >= 0.3 is 11.9 Å². The lowest BCUT2D eigenvalue weighted by Crippen LogP contribution is -2.36. The molecule has 3 N–H and O–H groups in total. The summed E-state index contributed by atoms with van der Waals surface area (Å²) in [6, 6.07) is 12.8. The standard InChI is InChI=1S/C26H32ClNO7/c1-2-33-26(32)16-35-24-13-18(9-10-23(24)34-15-25(30)31)17-5-4-8-21(12-17)28-14-22(29)19-6-3-7-20(27)11-19/h3,6-7,9-11,13,17,21-22,28-29H,2,4-5,8,12,14-16H2,1H3,(H,30,31). The van der Waals surface area contributed by atoms with Gasteiger partial charge in [-0.1, -0.05) is 36.2 Å². The number of carboxylic acids is 1. The number of hydrogen-bond acceptors (Lipinski definition) is 7. The Morgan fingerprint density at radius 3 is 2.66 bits per heavy atom. The molecule has 0 amide bonds. The molecule has 8 nitrogen and oxygen atoms in total. The monoisotopic (exact) mass is 505 g/mol. The fourth-order valence-corrected chi connectivity index (χ4v) is 4.48. The van der Waals surface area contributed by atoms with E-state index in [9.17, 15) is 14.7 Å². The number of carbonyl (C=O) groups excluding carboxylic acids is 1. The van der Waals surface area contributed by atoms with E-state index in [1.54, 1.807) is 25.1 Å². The first kappa shape index (κ1) is 26.8. The Morgan fingerprint density at radius 2 is 1.91 bits per heavy atom. The summed E-state index contributed by atoms with van der Waals surface area (Å²) in [6.07, 6.45) is 3.23. The molecule has 2 aromatic rings. The Hall–Kier alpha value is -2.81. The van der Waals surface area contributed by atoms with Crippen molar-refractivity contribution >= 4 is 23.5 Å². The maximum Gasteiger partial charge on any atom is 0.344 e. The van der Waals surface area contributed by atoms with E-state index in [2.05, 4.69) is 5.32 Å². The number of aliphatic hydroxyl groups is 1. The van der Waals surface area contributed by atoms with E-state index in [0.717, 1.165) is 36.8 Å². The smallest absolute Gasteiger partial charge is 0.344 e. The summed E-state index contributed by atoms with van der Waals surface area (Å²) in [5, 5.41) is 23.5. The van der Waals surface area contributed by atoms with Crippen molar-refractivity contribution in [2.45, 2.75) is 50.7 Å². The topological polar surface area (TPSA) is 114 Å². The lowest BCUT2D eigenvalue weighted by atomic mass is 9.81. The number of hydrogen-bond donors (Lipinski definition) is 3. The number of aliphatic carboxylic acids is 1. The van der Waals surface area contributed by atoms with Gasteiger partial charge in [-0.2, -0.15) is 0 Å². The van der Waals surface area contributed by atoms with Crippen molar-refractivity contribution in [3.8, 4) is 11.5 Å². The predicted octanol–water partition coefficient (Wildman–Crippen LogP) is 4.09. The van der Waals surface area contributed by atoms with Gasteiger partial charge in [-0.15, -0.1) is 0 Å². The second-order valence-electron chi connectivity index (χ2n) is 8.52. The van der Waals surface area contributed by atoms with Crippen LogP contribution in [0.2, 0.25) is 5.02 Å². The van der Waals surface area contributed by atoms with Crippen LogP contribution in [-0.4, -0.2) is 54.6 Å². The zero-order chi connectivity index (χ0) is 25.2. The molecule has 35 heavy (non-hydrogen) atoms. The van der Waals surface area contributed by atoms with Crippen molar-refractivity contribution in [2.75, 3.05) is 26.4 Å². The molecule has 1 aliphatic rings. The van der Waals surface area contributed by atoms with Gasteiger partial charge in [-0.25, -0.2) is 9.59 Å². The summed E-state index contributed by atoms with van der Waals surface area (Å²) in [5.74, 6) is -0.810. The van der Waals surface area contributed by atoms with E-state index in [4.69, 9.17) is 30.9 Å². The third kappa shape index (κ3) is 8.42. The molecule has 2 aromatic carbocycles. The number of halogens is 1. The molecule has 9 heteroatoms. The maximum absolute atomic E-state index is 11.8. The van der Waals surface area contributed by atoms with Gasteiger partial charge in [-0.3, -0.25) is 0 Å². The molecule has 0 heterocycles. The van der Waals surface area contributed by atoms with Crippen molar-refractivity contribution in [1.29, 1.82) is 0 Å². The van der Waals surface area contributed by atoms with E-state index in [1.807, 2.05) is 24.3 Å². The van der Waals surface area contributed by atoms with Crippen LogP contribution in [0.3, 0.4) is 0 Å². The molecule has 0 spiro atoms. The molecule has 1 fully saturated rings. The summed E-state index contributed by atoms with van der Waals surface area (Å²) in [5.41, 5.74) is 1.80. The Balaban J connectivity index is 1.65. The van der Waals surface area contributed by atoms with Crippen LogP contribution in [0, 0.1) is 0 Å². The largest absolute Gasteiger partial charge is 0.479 e. The number of nitrogens with one attached hydrogen (secondary N) is 1. The van der Waals surface area contributed by atoms with E-state index < -0.39 is 24.6 Å². The SMILES string of the molecule is CCOC(=O)COc1cc(C2CCCC(NCC(O)c3cccc(Cl)c3)C2)ccc1OCC(=O)O. The Bertz CT molecular complexity index is 999. The lowest BCUT2D eigenvalue weighted by Gasteiger charge is -2.31. The molecule has 0 radical (unpaired) electrons. The summed E-state index contributed by atoms with van der Waals surface area (Å²) in [7, 11) is 0. The van der Waals surface area contributed by atoms with Crippen LogP contribution >= 0.6 is 11.6 Å². The molecule has 3 atom stereocenters. The van der Waals surface area contributed by atoms with E-state index in [-0.39, 0.29) is 30.9 Å². The van der Waals surface area contributed by atoms with E-state index in [1.165, 1.54) is 0 Å². The van der Waals surface area contributed by atoms with Gasteiger partial charge in [0.05, 0.1) is 12.7 Å². The van der Waals surface area contributed by atoms with Crippen LogP contribution in [-0.2, 0) is 14.3 Å². The molecular weight excluding hydrogens is 474 g/mol. The first-order valence-electron chi connectivity index (χ1n) is 11.8. The molecule has 0 saturated heterocycles. The van der Waals surface area contributed by atoms with Gasteiger partial charge in [0.15, 0.2) is 24.7 Å². The molecule has 3 rings (SSSR count). The third-order valence-electron chi connectivity index (χ3n) is 5.95. The van der Waals surface area contributed by atoms with Gasteiger partial charge in [0.2, 0.25) is 0 Å². The van der Waals surface area contributed by atoms with Crippen molar-refractivity contribution < 1.29 is 34.0 Å². The number of carboxylic acid groups (broad SMARTS) is 1. The third-order valence-corrected chi connectivity index (χ3v) is 6.18. The molecule has 0 aromatic heterocycles. The highest BCUT2D eigenvalue weighted by Gasteiger charge is 2.25. The normalized spacial score (nSPS) is 18.5. The fourth-order valence-electron chi connectivity index (χ4n) is 4.28. The summed E-state index contributed by atoms with van der Waals surface area (Å²) in [6.45, 7) is 1.57. The van der Waals surface area contributed by atoms with Gasteiger partial charge < -0.3 is 29.7 Å².